The SMILES string of the molecule is CN(CC(=O)O)C1CCCN(C(=O)C(C)(C)c2cccs2)CC1. The number of carbonyl (C=O) groups excluding carboxylic acids is 1. The Morgan fingerprint density at radius 3 is 2.74 bits per heavy atom. The molecule has 0 radical (unpaired) electrons. The maximum Gasteiger partial charge on any atom is 0.317 e. The summed E-state index contributed by atoms with van der Waals surface area (Å²) < 4.78 is 0. The highest BCUT2D eigenvalue weighted by Crippen LogP contribution is 2.30. The molecule has 23 heavy (non-hydrogen) atoms. The van der Waals surface area contributed by atoms with Gasteiger partial charge in [0.2, 0.25) is 5.91 Å². The van der Waals surface area contributed by atoms with Crippen LogP contribution in [0, 0.1) is 0 Å². The van der Waals surface area contributed by atoms with Crippen molar-refractivity contribution in [3.63, 3.8) is 0 Å². The molecule has 1 saturated heterocycles. The van der Waals surface area contributed by atoms with Crippen LogP contribution >= 0.6 is 11.3 Å². The molecule has 2 heterocycles. The first-order valence-corrected chi connectivity index (χ1v) is 8.95. The van der Waals surface area contributed by atoms with Crippen LogP contribution < -0.4 is 0 Å². The van der Waals surface area contributed by atoms with Gasteiger partial charge in [0.05, 0.1) is 12.0 Å². The van der Waals surface area contributed by atoms with Gasteiger partial charge in [0, 0.05) is 24.0 Å². The molecule has 1 unspecified atom stereocenters. The number of thiophene rings is 1. The van der Waals surface area contributed by atoms with Crippen LogP contribution in [0.25, 0.3) is 0 Å². The average Bonchev–Trinajstić information content (AvgIpc) is 2.91. The first-order chi connectivity index (χ1) is 10.8. The van der Waals surface area contributed by atoms with E-state index in [1.165, 1.54) is 0 Å². The Balaban J connectivity index is 2.00. The summed E-state index contributed by atoms with van der Waals surface area (Å²) in [5, 5.41) is 10.9. The first kappa shape index (κ1) is 17.9. The molecule has 0 saturated carbocycles. The van der Waals surface area contributed by atoms with E-state index >= 15 is 0 Å². The van der Waals surface area contributed by atoms with Crippen LogP contribution in [0.1, 0.15) is 38.0 Å². The van der Waals surface area contributed by atoms with Crippen molar-refractivity contribution in [1.82, 2.24) is 9.80 Å². The van der Waals surface area contributed by atoms with E-state index in [0.717, 1.165) is 30.7 Å². The second kappa shape index (κ2) is 7.45. The van der Waals surface area contributed by atoms with Crippen LogP contribution in [0.5, 0.6) is 0 Å². The highest BCUT2D eigenvalue weighted by Gasteiger charge is 2.35. The second-order valence-corrected chi connectivity index (χ2v) is 7.74. The Morgan fingerprint density at radius 1 is 1.39 bits per heavy atom. The number of likely N-dealkylation sites (tertiary alicyclic amines) is 1. The lowest BCUT2D eigenvalue weighted by Gasteiger charge is -2.31. The molecule has 128 valence electrons. The summed E-state index contributed by atoms with van der Waals surface area (Å²) in [7, 11) is 1.85. The topological polar surface area (TPSA) is 60.9 Å². The van der Waals surface area contributed by atoms with Gasteiger partial charge in [-0.1, -0.05) is 6.07 Å². The second-order valence-electron chi connectivity index (χ2n) is 6.79. The number of hydrogen-bond donors (Lipinski definition) is 1. The number of amides is 1. The van der Waals surface area contributed by atoms with Gasteiger partial charge in [-0.3, -0.25) is 14.5 Å². The van der Waals surface area contributed by atoms with Gasteiger partial charge >= 0.3 is 5.97 Å². The lowest BCUT2D eigenvalue weighted by atomic mass is 9.89. The third-order valence-corrected chi connectivity index (χ3v) is 5.86. The molecule has 0 bridgehead atoms. The average molecular weight is 338 g/mol. The van der Waals surface area contributed by atoms with Crippen molar-refractivity contribution < 1.29 is 14.7 Å². The number of carbonyl (C=O) groups is 2. The number of likely N-dealkylation sites (N-methyl/N-ethyl adjacent to an activating group) is 1. The number of rotatable bonds is 5. The molecule has 0 aliphatic carbocycles. The standard InChI is InChI=1S/C17H26N2O3S/c1-17(2,14-7-5-11-23-14)16(22)19-9-4-6-13(8-10-19)18(3)12-15(20)21/h5,7,11,13H,4,6,8-10,12H2,1-3H3,(H,20,21). The monoisotopic (exact) mass is 338 g/mol. The smallest absolute Gasteiger partial charge is 0.317 e. The van der Waals surface area contributed by atoms with Crippen molar-refractivity contribution in [2.75, 3.05) is 26.7 Å². The molecule has 1 aromatic rings. The molecule has 1 aliphatic heterocycles. The zero-order valence-electron chi connectivity index (χ0n) is 14.1. The van der Waals surface area contributed by atoms with E-state index in [9.17, 15) is 9.59 Å². The number of nitrogens with zero attached hydrogens (tertiary/aromatic N) is 2. The number of carboxylic acid groups (broad SMARTS) is 1. The van der Waals surface area contributed by atoms with E-state index in [2.05, 4.69) is 0 Å². The fraction of sp³-hybridized carbons (Fsp3) is 0.647. The van der Waals surface area contributed by atoms with Crippen LogP contribution in [0.3, 0.4) is 0 Å². The Labute approximate surface area is 141 Å². The normalized spacial score (nSPS) is 19.7. The van der Waals surface area contributed by atoms with Gasteiger partial charge in [-0.05, 0) is 51.6 Å². The molecule has 2 rings (SSSR count). The maximum absolute atomic E-state index is 13.0. The summed E-state index contributed by atoms with van der Waals surface area (Å²) in [5.74, 6) is -0.634. The van der Waals surface area contributed by atoms with Crippen molar-refractivity contribution in [2.45, 2.75) is 44.6 Å². The minimum Gasteiger partial charge on any atom is -0.480 e. The number of aliphatic carboxylic acids is 1. The summed E-state index contributed by atoms with van der Waals surface area (Å²) in [5.41, 5.74) is -0.499. The van der Waals surface area contributed by atoms with E-state index in [1.54, 1.807) is 11.3 Å². The predicted octanol–water partition coefficient (Wildman–Crippen LogP) is 2.42. The van der Waals surface area contributed by atoms with Crippen molar-refractivity contribution in [3.8, 4) is 0 Å². The van der Waals surface area contributed by atoms with E-state index < -0.39 is 11.4 Å². The molecule has 1 aromatic heterocycles. The quantitative estimate of drug-likeness (QED) is 0.896. The van der Waals surface area contributed by atoms with E-state index in [1.807, 2.05) is 48.2 Å². The Bertz CT molecular complexity index is 542. The zero-order valence-corrected chi connectivity index (χ0v) is 14.9. The summed E-state index contributed by atoms with van der Waals surface area (Å²) in [6, 6.07) is 4.23. The molecular formula is C17H26N2O3S. The summed E-state index contributed by atoms with van der Waals surface area (Å²) in [4.78, 5) is 28.8. The number of carboxylic acids is 1. The van der Waals surface area contributed by atoms with Crippen molar-refractivity contribution in [3.05, 3.63) is 22.4 Å². The minimum atomic E-state index is -0.802. The van der Waals surface area contributed by atoms with Gasteiger partial charge in [-0.2, -0.15) is 0 Å². The van der Waals surface area contributed by atoms with Gasteiger partial charge in [0.25, 0.3) is 0 Å². The lowest BCUT2D eigenvalue weighted by molar-refractivity contribution is -0.139. The van der Waals surface area contributed by atoms with Crippen LogP contribution in [0.2, 0.25) is 0 Å². The number of hydrogen-bond acceptors (Lipinski definition) is 4. The zero-order chi connectivity index (χ0) is 17.0. The van der Waals surface area contributed by atoms with Gasteiger partial charge < -0.3 is 10.0 Å². The molecule has 1 atom stereocenters. The van der Waals surface area contributed by atoms with E-state index in [0.29, 0.717) is 6.54 Å². The van der Waals surface area contributed by atoms with Gasteiger partial charge in [0.15, 0.2) is 0 Å². The van der Waals surface area contributed by atoms with Gasteiger partial charge in [0.1, 0.15) is 0 Å². The van der Waals surface area contributed by atoms with Crippen molar-refractivity contribution >= 4 is 23.2 Å². The van der Waals surface area contributed by atoms with Crippen molar-refractivity contribution in [2.24, 2.45) is 0 Å². The fourth-order valence-electron chi connectivity index (χ4n) is 3.20. The minimum absolute atomic E-state index is 0.0549. The van der Waals surface area contributed by atoms with Crippen LogP contribution in [0.4, 0.5) is 0 Å². The summed E-state index contributed by atoms with van der Waals surface area (Å²) >= 11 is 1.62. The fourth-order valence-corrected chi connectivity index (χ4v) is 4.04. The molecule has 1 N–H and O–H groups in total. The molecule has 1 fully saturated rings. The Kier molecular flexibility index (Phi) is 5.81. The van der Waals surface area contributed by atoms with Crippen LogP contribution in [0.15, 0.2) is 17.5 Å². The molecule has 0 aromatic carbocycles. The third kappa shape index (κ3) is 4.32. The van der Waals surface area contributed by atoms with E-state index in [-0.39, 0.29) is 18.5 Å². The predicted molar refractivity (Wildman–Crippen MR) is 91.8 cm³/mol. The van der Waals surface area contributed by atoms with Gasteiger partial charge in [-0.15, -0.1) is 11.3 Å². The van der Waals surface area contributed by atoms with E-state index in [4.69, 9.17) is 5.11 Å². The van der Waals surface area contributed by atoms with Crippen molar-refractivity contribution in [1.29, 1.82) is 0 Å². The van der Waals surface area contributed by atoms with Crippen LogP contribution in [-0.4, -0.2) is 59.5 Å². The maximum atomic E-state index is 13.0. The third-order valence-electron chi connectivity index (χ3n) is 4.66. The Hall–Kier alpha value is -1.40. The molecular weight excluding hydrogens is 312 g/mol. The van der Waals surface area contributed by atoms with Gasteiger partial charge in [-0.25, -0.2) is 0 Å². The molecule has 0 spiro atoms. The molecule has 5 nitrogen and oxygen atoms in total. The molecule has 1 amide bonds. The first-order valence-electron chi connectivity index (χ1n) is 8.07. The van der Waals surface area contributed by atoms with Crippen LogP contribution in [-0.2, 0) is 15.0 Å². The summed E-state index contributed by atoms with van der Waals surface area (Å²) in [6.45, 7) is 5.48. The molecule has 6 heteroatoms. The highest BCUT2D eigenvalue weighted by atomic mass is 32.1. The summed E-state index contributed by atoms with van der Waals surface area (Å²) in [6.07, 6.45) is 2.68. The largest absolute Gasteiger partial charge is 0.480 e. The lowest BCUT2D eigenvalue weighted by Crippen LogP contribution is -2.44. The molecule has 1 aliphatic rings. The Morgan fingerprint density at radius 2 is 2.13 bits per heavy atom. The highest BCUT2D eigenvalue weighted by molar-refractivity contribution is 7.10.